The number of carbonyl (C=O) groups excluding carboxylic acids is 2. The lowest BCUT2D eigenvalue weighted by Crippen LogP contribution is -2.22. The highest BCUT2D eigenvalue weighted by atomic mass is 19.4. The Kier molecular flexibility index (Phi) is 4.76. The smallest absolute Gasteiger partial charge is 0.405 e. The summed E-state index contributed by atoms with van der Waals surface area (Å²) in [6.07, 6.45) is -1.02. The Labute approximate surface area is 150 Å². The molecule has 6 nitrogen and oxygen atoms in total. The zero-order valence-electron chi connectivity index (χ0n) is 13.6. The van der Waals surface area contributed by atoms with Gasteiger partial charge in [0.1, 0.15) is 30.4 Å². The normalized spacial score (nSPS) is 11.4. The van der Waals surface area contributed by atoms with Gasteiger partial charge in [0.2, 0.25) is 0 Å². The highest BCUT2D eigenvalue weighted by Gasteiger charge is 2.27. The number of alkyl halides is 3. The number of fused-ring (bicyclic) bond motifs is 1. The van der Waals surface area contributed by atoms with Crippen LogP contribution in [0.4, 0.5) is 18.9 Å². The van der Waals surface area contributed by atoms with Gasteiger partial charge in [-0.15, -0.1) is 0 Å². The van der Waals surface area contributed by atoms with E-state index in [4.69, 9.17) is 9.83 Å². The number of anilines is 1. The first-order valence-corrected chi connectivity index (χ1v) is 7.64. The van der Waals surface area contributed by atoms with Crippen LogP contribution in [0.1, 0.15) is 32.0 Å². The lowest BCUT2D eigenvalue weighted by atomic mass is 10.0. The highest BCUT2D eigenvalue weighted by Crippen LogP contribution is 2.28. The fourth-order valence-corrected chi connectivity index (χ4v) is 2.54. The number of aldehydes is 2. The van der Waals surface area contributed by atoms with Gasteiger partial charge in [0, 0.05) is 34.0 Å². The van der Waals surface area contributed by atoms with E-state index in [9.17, 15) is 22.8 Å². The van der Waals surface area contributed by atoms with E-state index in [-0.39, 0.29) is 28.2 Å². The van der Waals surface area contributed by atoms with Gasteiger partial charge >= 0.3 is 6.18 Å². The monoisotopic (exact) mass is 375 g/mol. The molecule has 0 unspecified atom stereocenters. The Morgan fingerprint density at radius 2 is 1.96 bits per heavy atom. The van der Waals surface area contributed by atoms with Crippen LogP contribution in [0.2, 0.25) is 0 Å². The molecule has 3 rings (SSSR count). The van der Waals surface area contributed by atoms with Crippen LogP contribution in [-0.2, 0) is 0 Å². The molecule has 2 heterocycles. The molecule has 0 spiro atoms. The summed E-state index contributed by atoms with van der Waals surface area (Å²) in [6.45, 7) is -1.34. The topological polar surface area (TPSA) is 96.1 Å². The van der Waals surface area contributed by atoms with Crippen molar-refractivity contribution in [3.05, 3.63) is 59.1 Å². The van der Waals surface area contributed by atoms with Crippen LogP contribution in [0.15, 0.2) is 41.1 Å². The molecule has 0 aliphatic rings. The van der Waals surface area contributed by atoms with Crippen LogP contribution in [0.25, 0.3) is 11.0 Å². The first-order chi connectivity index (χ1) is 12.8. The van der Waals surface area contributed by atoms with Crippen molar-refractivity contribution >= 4 is 34.9 Å². The maximum absolute atomic E-state index is 12.6. The molecule has 0 saturated heterocycles. The molecule has 27 heavy (non-hydrogen) atoms. The molecule has 0 saturated carbocycles. The summed E-state index contributed by atoms with van der Waals surface area (Å²) in [7, 11) is 0. The molecule has 3 aromatic rings. The molecular weight excluding hydrogens is 363 g/mol. The van der Waals surface area contributed by atoms with Crippen LogP contribution in [0, 0.1) is 5.41 Å². The largest absolute Gasteiger partial charge is 0.464 e. The summed E-state index contributed by atoms with van der Waals surface area (Å²) in [4.78, 5) is 25.7. The van der Waals surface area contributed by atoms with Crippen molar-refractivity contribution in [2.24, 2.45) is 0 Å². The number of furan rings is 1. The summed E-state index contributed by atoms with van der Waals surface area (Å²) in [6, 6.07) is 5.77. The third kappa shape index (κ3) is 3.86. The van der Waals surface area contributed by atoms with Crippen LogP contribution < -0.4 is 5.32 Å². The first-order valence-electron chi connectivity index (χ1n) is 7.64. The van der Waals surface area contributed by atoms with E-state index in [1.54, 1.807) is 12.1 Å². The molecule has 0 bridgehead atoms. The molecule has 0 aliphatic heterocycles. The minimum Gasteiger partial charge on any atom is -0.464 e. The molecule has 9 heteroatoms. The van der Waals surface area contributed by atoms with Crippen LogP contribution in [-0.4, -0.2) is 36.0 Å². The number of aromatic nitrogens is 1. The average Bonchev–Trinajstić information content (AvgIpc) is 3.08. The second-order valence-corrected chi connectivity index (χ2v) is 5.64. The number of hydrogen-bond donors (Lipinski definition) is 2. The molecule has 2 aromatic heterocycles. The predicted molar refractivity (Wildman–Crippen MR) is 91.7 cm³/mol. The second kappa shape index (κ2) is 7.02. The molecule has 2 N–H and O–H groups in total. The zero-order valence-corrected chi connectivity index (χ0v) is 13.6. The van der Waals surface area contributed by atoms with Gasteiger partial charge in [0.05, 0.1) is 5.71 Å². The Balaban J connectivity index is 2.06. The molecule has 0 aliphatic carbocycles. The number of hydrogen-bond acceptors (Lipinski definition) is 6. The van der Waals surface area contributed by atoms with Crippen LogP contribution in [0.5, 0.6) is 0 Å². The Bertz CT molecular complexity index is 1040. The van der Waals surface area contributed by atoms with Crippen LogP contribution >= 0.6 is 0 Å². The van der Waals surface area contributed by atoms with E-state index in [2.05, 4.69) is 10.3 Å². The summed E-state index contributed by atoms with van der Waals surface area (Å²) < 4.78 is 43.1. The summed E-state index contributed by atoms with van der Waals surface area (Å²) in [5.41, 5.74) is 0.831. The number of benzene rings is 1. The lowest BCUT2D eigenvalue weighted by molar-refractivity contribution is -0.115. The second-order valence-electron chi connectivity index (χ2n) is 5.64. The maximum Gasteiger partial charge on any atom is 0.405 e. The lowest BCUT2D eigenvalue weighted by Gasteiger charge is -2.14. The fourth-order valence-electron chi connectivity index (χ4n) is 2.54. The SMILES string of the molecule is N=C(c1cnc(C=O)cc1NCC(F)(F)F)c1coc2ccc(C=O)cc12. The van der Waals surface area contributed by atoms with E-state index in [1.165, 1.54) is 12.3 Å². The molecule has 0 amide bonds. The quantitative estimate of drug-likeness (QED) is 0.504. The minimum absolute atomic E-state index is 0.0593. The van der Waals surface area contributed by atoms with Crippen molar-refractivity contribution < 1.29 is 27.2 Å². The summed E-state index contributed by atoms with van der Waals surface area (Å²) >= 11 is 0. The van der Waals surface area contributed by atoms with E-state index < -0.39 is 12.7 Å². The summed E-state index contributed by atoms with van der Waals surface area (Å²) in [5, 5.41) is 11.1. The Morgan fingerprint density at radius 1 is 1.19 bits per heavy atom. The number of nitrogens with one attached hydrogen (secondary N) is 2. The van der Waals surface area contributed by atoms with Gasteiger partial charge in [0.15, 0.2) is 6.29 Å². The number of halogens is 3. The molecule has 0 atom stereocenters. The minimum atomic E-state index is -4.48. The number of nitrogens with zero attached hydrogens (tertiary/aromatic N) is 1. The van der Waals surface area contributed by atoms with E-state index in [0.29, 0.717) is 29.1 Å². The van der Waals surface area contributed by atoms with Crippen molar-refractivity contribution in [3.8, 4) is 0 Å². The van der Waals surface area contributed by atoms with Gasteiger partial charge < -0.3 is 9.73 Å². The van der Waals surface area contributed by atoms with Crippen molar-refractivity contribution in [1.29, 1.82) is 5.41 Å². The third-order valence-electron chi connectivity index (χ3n) is 3.80. The van der Waals surface area contributed by atoms with Gasteiger partial charge in [-0.3, -0.25) is 20.0 Å². The highest BCUT2D eigenvalue weighted by molar-refractivity contribution is 6.19. The average molecular weight is 375 g/mol. The van der Waals surface area contributed by atoms with Crippen LogP contribution in [0.3, 0.4) is 0 Å². The number of carbonyl (C=O) groups is 2. The predicted octanol–water partition coefficient (Wildman–Crippen LogP) is 3.84. The van der Waals surface area contributed by atoms with Crippen molar-refractivity contribution in [1.82, 2.24) is 4.98 Å². The van der Waals surface area contributed by atoms with Gasteiger partial charge in [0.25, 0.3) is 0 Å². The number of rotatable bonds is 6. The van der Waals surface area contributed by atoms with E-state index in [0.717, 1.165) is 12.3 Å². The van der Waals surface area contributed by atoms with Gasteiger partial charge in [-0.2, -0.15) is 13.2 Å². The molecular formula is C18H12F3N3O3. The molecule has 138 valence electrons. The van der Waals surface area contributed by atoms with Crippen molar-refractivity contribution in [3.63, 3.8) is 0 Å². The zero-order chi connectivity index (χ0) is 19.6. The van der Waals surface area contributed by atoms with Gasteiger partial charge in [-0.1, -0.05) is 0 Å². The summed E-state index contributed by atoms with van der Waals surface area (Å²) in [5.74, 6) is 0. The molecule has 0 fully saturated rings. The van der Waals surface area contributed by atoms with Gasteiger partial charge in [-0.05, 0) is 24.3 Å². The van der Waals surface area contributed by atoms with Crippen molar-refractivity contribution in [2.45, 2.75) is 6.18 Å². The van der Waals surface area contributed by atoms with E-state index >= 15 is 0 Å². The molecule has 1 aromatic carbocycles. The third-order valence-corrected chi connectivity index (χ3v) is 3.80. The first kappa shape index (κ1) is 18.3. The fraction of sp³-hybridized carbons (Fsp3) is 0.111. The Hall–Kier alpha value is -3.49. The van der Waals surface area contributed by atoms with Gasteiger partial charge in [-0.25, -0.2) is 0 Å². The van der Waals surface area contributed by atoms with E-state index in [1.807, 2.05) is 0 Å². The van der Waals surface area contributed by atoms with Crippen molar-refractivity contribution in [2.75, 3.05) is 11.9 Å². The Morgan fingerprint density at radius 3 is 2.63 bits per heavy atom. The standard InChI is InChI=1S/C18H12F3N3O3/c19-18(20,21)9-24-15-4-11(7-26)23-5-13(15)17(22)14-8-27-16-2-1-10(6-25)3-12(14)16/h1-8,22H,9H2,(H,23,24). The number of pyridine rings is 1. The molecule has 0 radical (unpaired) electrons. The maximum atomic E-state index is 12.6.